The summed E-state index contributed by atoms with van der Waals surface area (Å²) in [5.41, 5.74) is 4.38. The number of nitrogens with one attached hydrogen (secondary N) is 1. The molecule has 3 heteroatoms. The molecule has 3 nitrogen and oxygen atoms in total. The van der Waals surface area contributed by atoms with Gasteiger partial charge in [-0.15, -0.1) is 0 Å². The van der Waals surface area contributed by atoms with Gasteiger partial charge in [-0.1, -0.05) is 56.3 Å². The van der Waals surface area contributed by atoms with E-state index < -0.39 is 0 Å². The lowest BCUT2D eigenvalue weighted by Crippen LogP contribution is -2.57. The van der Waals surface area contributed by atoms with Crippen molar-refractivity contribution >= 4 is 22.4 Å². The highest BCUT2D eigenvalue weighted by molar-refractivity contribution is 5.91. The molecule has 0 radical (unpaired) electrons. The van der Waals surface area contributed by atoms with E-state index in [2.05, 4.69) is 91.7 Å². The lowest BCUT2D eigenvalue weighted by Gasteiger charge is -2.39. The first-order valence-electron chi connectivity index (χ1n) is 9.12. The summed E-state index contributed by atoms with van der Waals surface area (Å²) in [5.74, 6) is 0.102. The lowest BCUT2D eigenvalue weighted by molar-refractivity contribution is -0.119. The lowest BCUT2D eigenvalue weighted by atomic mass is 9.76. The number of carbonyl (C=O) groups is 1. The summed E-state index contributed by atoms with van der Waals surface area (Å²) in [6.07, 6.45) is 0. The molecule has 0 saturated carbocycles. The number of rotatable bonds is 1. The molecule has 0 bridgehead atoms. The third-order valence-corrected chi connectivity index (χ3v) is 6.48. The Balaban J connectivity index is 1.66. The summed E-state index contributed by atoms with van der Waals surface area (Å²) >= 11 is 0. The predicted octanol–water partition coefficient (Wildman–Crippen LogP) is 4.45. The second-order valence-electron chi connectivity index (χ2n) is 8.13. The third kappa shape index (κ3) is 1.86. The fourth-order valence-electron chi connectivity index (χ4n) is 4.58. The molecule has 1 fully saturated rings. The quantitative estimate of drug-likeness (QED) is 0.708. The minimum Gasteiger partial charge on any atom is -0.339 e. The van der Waals surface area contributed by atoms with Crippen LogP contribution in [0.1, 0.15) is 26.3 Å². The van der Waals surface area contributed by atoms with Gasteiger partial charge in [0, 0.05) is 11.1 Å². The summed E-state index contributed by atoms with van der Waals surface area (Å²) in [6, 6.07) is 21.7. The Labute approximate surface area is 153 Å². The standard InChI is InChI=1S/C23H22N2O/c1-22(2)19-13-18(17-9-8-15-6-4-5-7-16(15)12-17)10-11-20(19)25-14-21(26)24-23(22,25)3/h4-13H,14H2,1-3H3,(H,24,26). The Morgan fingerprint density at radius 2 is 1.58 bits per heavy atom. The van der Waals surface area contributed by atoms with Crippen LogP contribution >= 0.6 is 0 Å². The van der Waals surface area contributed by atoms with Crippen LogP contribution in [-0.4, -0.2) is 18.1 Å². The van der Waals surface area contributed by atoms with Crippen LogP contribution < -0.4 is 10.2 Å². The number of nitrogens with zero attached hydrogens (tertiary/aromatic N) is 1. The summed E-state index contributed by atoms with van der Waals surface area (Å²) < 4.78 is 0. The highest BCUT2D eigenvalue weighted by atomic mass is 16.2. The minimum absolute atomic E-state index is 0.102. The molecule has 1 atom stereocenters. The van der Waals surface area contributed by atoms with Gasteiger partial charge in [0.2, 0.25) is 5.91 Å². The van der Waals surface area contributed by atoms with E-state index in [1.165, 1.54) is 33.2 Å². The molecule has 0 spiro atoms. The molecule has 1 unspecified atom stereocenters. The Kier molecular flexibility index (Phi) is 2.90. The average Bonchev–Trinajstić information content (AvgIpc) is 3.03. The molecule has 3 aromatic rings. The number of carbonyl (C=O) groups excluding carboxylic acids is 1. The average molecular weight is 342 g/mol. The van der Waals surface area contributed by atoms with Crippen LogP contribution in [-0.2, 0) is 10.2 Å². The maximum Gasteiger partial charge on any atom is 0.241 e. The van der Waals surface area contributed by atoms with Crippen LogP contribution in [0.25, 0.3) is 21.9 Å². The van der Waals surface area contributed by atoms with E-state index in [0.29, 0.717) is 6.54 Å². The van der Waals surface area contributed by atoms with Crippen molar-refractivity contribution in [1.82, 2.24) is 5.32 Å². The Bertz CT molecular complexity index is 1070. The van der Waals surface area contributed by atoms with Gasteiger partial charge in [-0.05, 0) is 52.6 Å². The molecule has 1 N–H and O–H groups in total. The first-order valence-corrected chi connectivity index (χ1v) is 9.12. The van der Waals surface area contributed by atoms with Gasteiger partial charge in [-0.3, -0.25) is 4.79 Å². The zero-order chi connectivity index (χ0) is 18.1. The van der Waals surface area contributed by atoms with Gasteiger partial charge in [0.1, 0.15) is 5.66 Å². The normalized spacial score (nSPS) is 23.0. The molecule has 5 rings (SSSR count). The van der Waals surface area contributed by atoms with E-state index in [-0.39, 0.29) is 17.0 Å². The zero-order valence-corrected chi connectivity index (χ0v) is 15.3. The number of amides is 1. The van der Waals surface area contributed by atoms with E-state index in [1.54, 1.807) is 0 Å². The van der Waals surface area contributed by atoms with Crippen molar-refractivity contribution in [1.29, 1.82) is 0 Å². The highest BCUT2D eigenvalue weighted by Gasteiger charge is 2.58. The van der Waals surface area contributed by atoms with Crippen LogP contribution in [0.2, 0.25) is 0 Å². The van der Waals surface area contributed by atoms with Gasteiger partial charge in [0.15, 0.2) is 0 Å². The molecule has 1 amide bonds. The Morgan fingerprint density at radius 3 is 2.38 bits per heavy atom. The van der Waals surface area contributed by atoms with Crippen LogP contribution in [0.4, 0.5) is 5.69 Å². The molecule has 1 saturated heterocycles. The van der Waals surface area contributed by atoms with Crippen molar-refractivity contribution in [3.05, 3.63) is 66.2 Å². The summed E-state index contributed by atoms with van der Waals surface area (Å²) in [7, 11) is 0. The van der Waals surface area contributed by atoms with Gasteiger partial charge in [-0.2, -0.15) is 0 Å². The number of hydrogen-bond donors (Lipinski definition) is 1. The van der Waals surface area contributed by atoms with E-state index >= 15 is 0 Å². The van der Waals surface area contributed by atoms with Gasteiger partial charge in [-0.25, -0.2) is 0 Å². The molecule has 2 aliphatic heterocycles. The van der Waals surface area contributed by atoms with Crippen molar-refractivity contribution in [3.8, 4) is 11.1 Å². The van der Waals surface area contributed by atoms with Crippen molar-refractivity contribution in [2.45, 2.75) is 31.8 Å². The molecule has 130 valence electrons. The van der Waals surface area contributed by atoms with Crippen LogP contribution in [0.5, 0.6) is 0 Å². The van der Waals surface area contributed by atoms with E-state index in [0.717, 1.165) is 0 Å². The summed E-state index contributed by atoms with van der Waals surface area (Å²) in [4.78, 5) is 14.2. The molecule has 0 aliphatic carbocycles. The van der Waals surface area contributed by atoms with Gasteiger partial charge < -0.3 is 10.2 Å². The molecule has 26 heavy (non-hydrogen) atoms. The molecule has 2 aliphatic rings. The van der Waals surface area contributed by atoms with Gasteiger partial charge in [0.05, 0.1) is 6.54 Å². The van der Waals surface area contributed by atoms with Gasteiger partial charge in [0.25, 0.3) is 0 Å². The predicted molar refractivity (Wildman–Crippen MR) is 106 cm³/mol. The topological polar surface area (TPSA) is 32.3 Å². The highest BCUT2D eigenvalue weighted by Crippen LogP contribution is 2.52. The molecule has 2 heterocycles. The molecule has 0 aromatic heterocycles. The number of hydrogen-bond acceptors (Lipinski definition) is 2. The van der Waals surface area contributed by atoms with Crippen LogP contribution in [0.15, 0.2) is 60.7 Å². The largest absolute Gasteiger partial charge is 0.339 e. The maximum atomic E-state index is 12.0. The zero-order valence-electron chi connectivity index (χ0n) is 15.3. The number of anilines is 1. The van der Waals surface area contributed by atoms with E-state index in [4.69, 9.17) is 0 Å². The number of benzene rings is 3. The first kappa shape index (κ1) is 15.4. The summed E-state index contributed by atoms with van der Waals surface area (Å²) in [5, 5.41) is 5.71. The maximum absolute atomic E-state index is 12.0. The summed E-state index contributed by atoms with van der Waals surface area (Å²) in [6.45, 7) is 7.01. The van der Waals surface area contributed by atoms with Crippen molar-refractivity contribution in [3.63, 3.8) is 0 Å². The third-order valence-electron chi connectivity index (χ3n) is 6.48. The van der Waals surface area contributed by atoms with E-state index in [1.807, 2.05) is 0 Å². The minimum atomic E-state index is -0.367. The Hall–Kier alpha value is -2.81. The van der Waals surface area contributed by atoms with E-state index in [9.17, 15) is 4.79 Å². The fraction of sp³-hybridized carbons (Fsp3) is 0.261. The second kappa shape index (κ2) is 4.88. The monoisotopic (exact) mass is 342 g/mol. The fourth-order valence-corrected chi connectivity index (χ4v) is 4.58. The van der Waals surface area contributed by atoms with Crippen LogP contribution in [0, 0.1) is 0 Å². The van der Waals surface area contributed by atoms with Crippen molar-refractivity contribution < 1.29 is 4.79 Å². The van der Waals surface area contributed by atoms with Crippen LogP contribution in [0.3, 0.4) is 0 Å². The van der Waals surface area contributed by atoms with Crippen molar-refractivity contribution in [2.75, 3.05) is 11.4 Å². The molecular formula is C23H22N2O. The smallest absolute Gasteiger partial charge is 0.241 e. The SMILES string of the molecule is CC1(C)c2cc(-c3ccc4ccccc4c3)ccc2N2CC(=O)NC21C. The van der Waals surface area contributed by atoms with Gasteiger partial charge >= 0.3 is 0 Å². The second-order valence-corrected chi connectivity index (χ2v) is 8.13. The number of fused-ring (bicyclic) bond motifs is 4. The molecule has 3 aromatic carbocycles. The Morgan fingerprint density at radius 1 is 0.885 bits per heavy atom. The van der Waals surface area contributed by atoms with Crippen molar-refractivity contribution in [2.24, 2.45) is 0 Å². The first-order chi connectivity index (χ1) is 12.4. The molecular weight excluding hydrogens is 320 g/mol.